The average Bonchev–Trinajstić information content (AvgIpc) is 2.78. The van der Waals surface area contributed by atoms with E-state index in [1.165, 1.54) is 6.07 Å². The number of hydrogen-bond donors (Lipinski definition) is 2. The van der Waals surface area contributed by atoms with E-state index in [0.29, 0.717) is 32.4 Å². The van der Waals surface area contributed by atoms with Crippen LogP contribution in [0, 0.1) is 0 Å². The number of carbonyl (C=O) groups excluding carboxylic acids is 2. The summed E-state index contributed by atoms with van der Waals surface area (Å²) in [6, 6.07) is 18.7. The van der Waals surface area contributed by atoms with Gasteiger partial charge in [-0.1, -0.05) is 42.5 Å². The van der Waals surface area contributed by atoms with E-state index in [4.69, 9.17) is 0 Å². The fourth-order valence-corrected chi connectivity index (χ4v) is 4.94. The summed E-state index contributed by atoms with van der Waals surface area (Å²) in [7, 11) is 0. The number of likely N-dealkylation sites (tertiary alicyclic amines) is 1. The molecule has 0 aliphatic carbocycles. The number of carbonyl (C=O) groups is 3. The molecule has 0 aromatic heterocycles. The van der Waals surface area contributed by atoms with E-state index in [9.17, 15) is 19.5 Å². The summed E-state index contributed by atoms with van der Waals surface area (Å²) in [6.07, 6.45) is 1.53. The molecule has 2 heterocycles. The van der Waals surface area contributed by atoms with Gasteiger partial charge in [0.1, 0.15) is 0 Å². The second-order valence-corrected chi connectivity index (χ2v) is 8.31. The zero-order valence-electron chi connectivity index (χ0n) is 16.9. The number of hydrogen-bond acceptors (Lipinski definition) is 3. The van der Waals surface area contributed by atoms with E-state index in [-0.39, 0.29) is 22.9 Å². The SMILES string of the molecule is O=C1Cc2cc3ccccc3cc2C2(CCN(C(=O)c3ccccc3C(=O)O)CC2)N1. The lowest BCUT2D eigenvalue weighted by Crippen LogP contribution is -2.56. The molecule has 0 saturated carbocycles. The van der Waals surface area contributed by atoms with Crippen LogP contribution in [0.4, 0.5) is 0 Å². The molecule has 0 radical (unpaired) electrons. The van der Waals surface area contributed by atoms with E-state index >= 15 is 0 Å². The van der Waals surface area contributed by atoms with Gasteiger partial charge in [-0.15, -0.1) is 0 Å². The smallest absolute Gasteiger partial charge is 0.336 e. The molecule has 1 fully saturated rings. The van der Waals surface area contributed by atoms with Crippen molar-refractivity contribution in [3.05, 3.63) is 82.9 Å². The lowest BCUT2D eigenvalue weighted by atomic mass is 9.74. The quantitative estimate of drug-likeness (QED) is 0.673. The Bertz CT molecular complexity index is 1230. The molecule has 3 aromatic rings. The van der Waals surface area contributed by atoms with Crippen LogP contribution in [-0.2, 0) is 16.8 Å². The van der Waals surface area contributed by atoms with Crippen molar-refractivity contribution in [3.8, 4) is 0 Å². The Morgan fingerprint density at radius 2 is 1.52 bits per heavy atom. The number of benzene rings is 3. The Morgan fingerprint density at radius 1 is 0.903 bits per heavy atom. The van der Waals surface area contributed by atoms with Crippen LogP contribution in [-0.4, -0.2) is 40.9 Å². The van der Waals surface area contributed by atoms with Crippen LogP contribution in [0.3, 0.4) is 0 Å². The highest BCUT2D eigenvalue weighted by Crippen LogP contribution is 2.40. The van der Waals surface area contributed by atoms with Gasteiger partial charge in [-0.3, -0.25) is 9.59 Å². The number of aromatic carboxylic acids is 1. The molecule has 6 nitrogen and oxygen atoms in total. The van der Waals surface area contributed by atoms with Gasteiger partial charge in [-0.25, -0.2) is 4.79 Å². The van der Waals surface area contributed by atoms with Crippen molar-refractivity contribution in [2.45, 2.75) is 24.8 Å². The standard InChI is InChI=1S/C25H22N2O4/c28-22-15-18-13-16-5-1-2-6-17(16)14-21(18)25(26-22)9-11-27(12-10-25)23(29)19-7-3-4-8-20(19)24(30)31/h1-8,13-14H,9-12,15H2,(H,26,28)(H,30,31). The minimum atomic E-state index is -1.11. The van der Waals surface area contributed by atoms with Crippen molar-refractivity contribution in [2.24, 2.45) is 0 Å². The van der Waals surface area contributed by atoms with Crippen LogP contribution in [0.2, 0.25) is 0 Å². The van der Waals surface area contributed by atoms with E-state index in [0.717, 1.165) is 21.9 Å². The maximum atomic E-state index is 13.1. The molecule has 0 unspecified atom stereocenters. The molecule has 6 heteroatoms. The predicted molar refractivity (Wildman–Crippen MR) is 116 cm³/mol. The Labute approximate surface area is 179 Å². The summed E-state index contributed by atoms with van der Waals surface area (Å²) < 4.78 is 0. The second-order valence-electron chi connectivity index (χ2n) is 8.31. The van der Waals surface area contributed by atoms with E-state index < -0.39 is 11.5 Å². The molecule has 2 amide bonds. The molecule has 2 aliphatic heterocycles. The molecular formula is C25H22N2O4. The summed E-state index contributed by atoms with van der Waals surface area (Å²) in [5.74, 6) is -1.40. The van der Waals surface area contributed by atoms with Crippen LogP contribution in [0.1, 0.15) is 44.7 Å². The fourth-order valence-electron chi connectivity index (χ4n) is 4.94. The van der Waals surface area contributed by atoms with Crippen molar-refractivity contribution in [1.82, 2.24) is 10.2 Å². The van der Waals surface area contributed by atoms with Crippen LogP contribution in [0.5, 0.6) is 0 Å². The minimum absolute atomic E-state index is 0.00113. The lowest BCUT2D eigenvalue weighted by Gasteiger charge is -2.46. The highest BCUT2D eigenvalue weighted by molar-refractivity contribution is 6.04. The molecule has 0 atom stereocenters. The van der Waals surface area contributed by atoms with Crippen molar-refractivity contribution >= 4 is 28.6 Å². The van der Waals surface area contributed by atoms with Gasteiger partial charge in [-0.05, 0) is 52.9 Å². The van der Waals surface area contributed by atoms with Crippen molar-refractivity contribution in [3.63, 3.8) is 0 Å². The number of carboxylic acids is 1. The molecule has 0 bridgehead atoms. The summed E-state index contributed by atoms with van der Waals surface area (Å²) in [4.78, 5) is 38.8. The Balaban J connectivity index is 1.45. The van der Waals surface area contributed by atoms with Crippen LogP contribution >= 0.6 is 0 Å². The molecule has 156 valence electrons. The normalized spacial score (nSPS) is 17.3. The average molecular weight is 414 g/mol. The van der Waals surface area contributed by atoms with Crippen LogP contribution in [0.15, 0.2) is 60.7 Å². The maximum Gasteiger partial charge on any atom is 0.336 e. The fraction of sp³-hybridized carbons (Fsp3) is 0.240. The number of rotatable bonds is 2. The number of piperidine rings is 1. The predicted octanol–water partition coefficient (Wildman–Crippen LogP) is 3.34. The lowest BCUT2D eigenvalue weighted by molar-refractivity contribution is -0.124. The van der Waals surface area contributed by atoms with Crippen LogP contribution < -0.4 is 5.32 Å². The third kappa shape index (κ3) is 3.24. The first-order valence-electron chi connectivity index (χ1n) is 10.4. The van der Waals surface area contributed by atoms with E-state index in [2.05, 4.69) is 29.6 Å². The Hall–Kier alpha value is -3.67. The first kappa shape index (κ1) is 19.3. The zero-order valence-corrected chi connectivity index (χ0v) is 16.9. The molecule has 1 saturated heterocycles. The summed E-state index contributed by atoms with van der Waals surface area (Å²) in [5, 5.41) is 14.9. The first-order chi connectivity index (χ1) is 15.0. The molecule has 3 aromatic carbocycles. The summed E-state index contributed by atoms with van der Waals surface area (Å²) in [5.41, 5.74) is 1.88. The van der Waals surface area contributed by atoms with Crippen molar-refractivity contribution < 1.29 is 19.5 Å². The molecule has 5 rings (SSSR count). The molecular weight excluding hydrogens is 392 g/mol. The van der Waals surface area contributed by atoms with Gasteiger partial charge in [0.2, 0.25) is 5.91 Å². The second kappa shape index (κ2) is 7.23. The van der Waals surface area contributed by atoms with Gasteiger partial charge >= 0.3 is 5.97 Å². The highest BCUT2D eigenvalue weighted by atomic mass is 16.4. The third-order valence-electron chi connectivity index (χ3n) is 6.51. The van der Waals surface area contributed by atoms with Gasteiger partial charge in [0.25, 0.3) is 5.91 Å². The first-order valence-corrected chi connectivity index (χ1v) is 10.4. The number of fused-ring (bicyclic) bond motifs is 3. The summed E-state index contributed by atoms with van der Waals surface area (Å²) in [6.45, 7) is 0.888. The Kier molecular flexibility index (Phi) is 4.50. The van der Waals surface area contributed by atoms with Gasteiger partial charge in [0, 0.05) is 13.1 Å². The number of carboxylic acid groups (broad SMARTS) is 1. The molecule has 31 heavy (non-hydrogen) atoms. The topological polar surface area (TPSA) is 86.7 Å². The molecule has 1 spiro atoms. The zero-order chi connectivity index (χ0) is 21.6. The number of amides is 2. The van der Waals surface area contributed by atoms with Gasteiger partial charge in [-0.2, -0.15) is 0 Å². The van der Waals surface area contributed by atoms with E-state index in [1.807, 2.05) is 12.1 Å². The molecule has 2 N–H and O–H groups in total. The summed E-state index contributed by atoms with van der Waals surface area (Å²) >= 11 is 0. The van der Waals surface area contributed by atoms with Gasteiger partial charge in [0.15, 0.2) is 0 Å². The van der Waals surface area contributed by atoms with Crippen LogP contribution in [0.25, 0.3) is 10.8 Å². The number of nitrogens with one attached hydrogen (secondary N) is 1. The number of nitrogens with zero attached hydrogens (tertiary/aromatic N) is 1. The minimum Gasteiger partial charge on any atom is -0.478 e. The van der Waals surface area contributed by atoms with Gasteiger partial charge in [0.05, 0.1) is 23.1 Å². The highest BCUT2D eigenvalue weighted by Gasteiger charge is 2.43. The van der Waals surface area contributed by atoms with Crippen molar-refractivity contribution in [2.75, 3.05) is 13.1 Å². The molecule has 2 aliphatic rings. The third-order valence-corrected chi connectivity index (χ3v) is 6.51. The largest absolute Gasteiger partial charge is 0.478 e. The maximum absolute atomic E-state index is 13.1. The van der Waals surface area contributed by atoms with Gasteiger partial charge < -0.3 is 15.3 Å². The monoisotopic (exact) mass is 414 g/mol. The Morgan fingerprint density at radius 3 is 2.19 bits per heavy atom. The van der Waals surface area contributed by atoms with Crippen molar-refractivity contribution in [1.29, 1.82) is 0 Å². The van der Waals surface area contributed by atoms with E-state index in [1.54, 1.807) is 23.1 Å².